The lowest BCUT2D eigenvalue weighted by atomic mass is 9.78. The van der Waals surface area contributed by atoms with Crippen molar-refractivity contribution in [2.45, 2.75) is 19.3 Å². The number of hydrogen-bond acceptors (Lipinski definition) is 1. The first-order valence-electron chi connectivity index (χ1n) is 6.94. The lowest BCUT2D eigenvalue weighted by Crippen LogP contribution is -2.30. The number of fused-ring (bicyclic) bond motifs is 2. The van der Waals surface area contributed by atoms with Crippen molar-refractivity contribution in [2.24, 2.45) is 34.2 Å². The maximum Gasteiger partial charge on any atom is 0.253 e. The fourth-order valence-corrected chi connectivity index (χ4v) is 3.69. The lowest BCUT2D eigenvalue weighted by molar-refractivity contribution is -0.122. The molecule has 104 valence electrons. The lowest BCUT2D eigenvalue weighted by Gasteiger charge is -2.26. The summed E-state index contributed by atoms with van der Waals surface area (Å²) in [6, 6.07) is 8.37. The molecule has 2 aliphatic rings. The number of carbonyl (C=O) groups is 1. The van der Waals surface area contributed by atoms with Crippen molar-refractivity contribution in [3.63, 3.8) is 0 Å². The first kappa shape index (κ1) is 12.9. The molecule has 1 saturated carbocycles. The van der Waals surface area contributed by atoms with Crippen molar-refractivity contribution in [3.05, 3.63) is 47.5 Å². The van der Waals surface area contributed by atoms with Gasteiger partial charge in [0.2, 0.25) is 0 Å². The number of rotatable bonds is 2. The Hall–Kier alpha value is -2.10. The summed E-state index contributed by atoms with van der Waals surface area (Å²) in [5.74, 6) is 0.415. The molecule has 0 spiro atoms. The molecule has 0 aromatic heterocycles. The Balaban J connectivity index is 1.98. The zero-order valence-electron chi connectivity index (χ0n) is 11.5. The second-order valence-corrected chi connectivity index (χ2v) is 5.79. The number of aliphatic imine (C=N–C) groups is 1. The monoisotopic (exact) mass is 269 g/mol. The van der Waals surface area contributed by atoms with E-state index in [1.54, 1.807) is 0 Å². The Morgan fingerprint density at radius 3 is 2.70 bits per heavy atom. The van der Waals surface area contributed by atoms with E-state index in [4.69, 9.17) is 11.5 Å². The van der Waals surface area contributed by atoms with Crippen molar-refractivity contribution in [3.8, 4) is 0 Å². The fourth-order valence-electron chi connectivity index (χ4n) is 3.69. The summed E-state index contributed by atoms with van der Waals surface area (Å²) in [5.41, 5.74) is 13.1. The standard InChI is InChI=1S/C16H19N3O/c1-9-3-2-4-10(7-9)13-11-5-6-12(8-11)14(13)15(20)19-16(17)18/h2-7,11-14H,8H2,1H3,(H4,17,18,19,20)/t11?,12?,13-,14-/m1/s1. The molecule has 0 aliphatic heterocycles. The van der Waals surface area contributed by atoms with Gasteiger partial charge in [-0.3, -0.25) is 4.79 Å². The highest BCUT2D eigenvalue weighted by molar-refractivity contribution is 5.93. The maximum atomic E-state index is 12.3. The first-order valence-corrected chi connectivity index (χ1v) is 6.94. The van der Waals surface area contributed by atoms with Crippen molar-refractivity contribution in [1.29, 1.82) is 0 Å². The quantitative estimate of drug-likeness (QED) is 0.487. The van der Waals surface area contributed by atoms with Gasteiger partial charge in [0.15, 0.2) is 5.96 Å². The maximum absolute atomic E-state index is 12.3. The molecule has 3 rings (SSSR count). The van der Waals surface area contributed by atoms with Gasteiger partial charge in [0, 0.05) is 5.92 Å². The molecule has 1 fully saturated rings. The van der Waals surface area contributed by atoms with Crippen molar-refractivity contribution < 1.29 is 4.79 Å². The van der Waals surface area contributed by atoms with E-state index < -0.39 is 0 Å². The highest BCUT2D eigenvalue weighted by Crippen LogP contribution is 2.53. The van der Waals surface area contributed by atoms with Crippen LogP contribution in [0.4, 0.5) is 0 Å². The summed E-state index contributed by atoms with van der Waals surface area (Å²) in [6.45, 7) is 2.07. The van der Waals surface area contributed by atoms with Crippen LogP contribution >= 0.6 is 0 Å². The van der Waals surface area contributed by atoms with Gasteiger partial charge in [0.25, 0.3) is 5.91 Å². The van der Waals surface area contributed by atoms with Crippen LogP contribution in [-0.2, 0) is 4.79 Å². The summed E-state index contributed by atoms with van der Waals surface area (Å²) in [5, 5.41) is 0. The first-order chi connectivity index (χ1) is 9.56. The van der Waals surface area contributed by atoms with Gasteiger partial charge in [-0.1, -0.05) is 42.0 Å². The highest BCUT2D eigenvalue weighted by Gasteiger charge is 2.48. The van der Waals surface area contributed by atoms with Crippen LogP contribution in [0.3, 0.4) is 0 Å². The Kier molecular flexibility index (Phi) is 3.08. The van der Waals surface area contributed by atoms with E-state index in [0.29, 0.717) is 5.92 Å². The molecule has 1 aromatic rings. The largest absolute Gasteiger partial charge is 0.370 e. The van der Waals surface area contributed by atoms with Crippen molar-refractivity contribution in [1.82, 2.24) is 0 Å². The van der Waals surface area contributed by atoms with Crippen LogP contribution < -0.4 is 11.5 Å². The molecule has 0 saturated heterocycles. The van der Waals surface area contributed by atoms with Gasteiger partial charge < -0.3 is 11.5 Å². The predicted octanol–water partition coefficient (Wildman–Crippen LogP) is 1.70. The summed E-state index contributed by atoms with van der Waals surface area (Å²) in [7, 11) is 0. The van der Waals surface area contributed by atoms with Crippen LogP contribution in [0.5, 0.6) is 0 Å². The third-order valence-corrected chi connectivity index (χ3v) is 4.41. The normalized spacial score (nSPS) is 30.4. The second-order valence-electron chi connectivity index (χ2n) is 5.79. The molecule has 20 heavy (non-hydrogen) atoms. The number of allylic oxidation sites excluding steroid dienone is 2. The van der Waals surface area contributed by atoms with Crippen molar-refractivity contribution >= 4 is 11.9 Å². The van der Waals surface area contributed by atoms with Gasteiger partial charge in [0.05, 0.1) is 5.92 Å². The molecular formula is C16H19N3O. The van der Waals surface area contributed by atoms with Crippen LogP contribution in [0.2, 0.25) is 0 Å². The Bertz CT molecular complexity index is 601. The van der Waals surface area contributed by atoms with E-state index in [2.05, 4.69) is 42.3 Å². The number of aryl methyl sites for hydroxylation is 1. The third kappa shape index (κ3) is 2.11. The molecule has 0 heterocycles. The third-order valence-electron chi connectivity index (χ3n) is 4.41. The van der Waals surface area contributed by atoms with Crippen LogP contribution in [0.1, 0.15) is 23.5 Å². The summed E-state index contributed by atoms with van der Waals surface area (Å²) >= 11 is 0. The highest BCUT2D eigenvalue weighted by atomic mass is 16.1. The number of hydrogen-bond donors (Lipinski definition) is 2. The van der Waals surface area contributed by atoms with Crippen LogP contribution in [-0.4, -0.2) is 11.9 Å². The fraction of sp³-hybridized carbons (Fsp3) is 0.375. The van der Waals surface area contributed by atoms with E-state index >= 15 is 0 Å². The number of carbonyl (C=O) groups excluding carboxylic acids is 1. The van der Waals surface area contributed by atoms with Gasteiger partial charge in [-0.15, -0.1) is 0 Å². The molecule has 4 atom stereocenters. The van der Waals surface area contributed by atoms with Crippen molar-refractivity contribution in [2.75, 3.05) is 0 Å². The van der Waals surface area contributed by atoms with Crippen LogP contribution in [0.15, 0.2) is 41.4 Å². The number of benzene rings is 1. The summed E-state index contributed by atoms with van der Waals surface area (Å²) in [6.07, 6.45) is 5.40. The Morgan fingerprint density at radius 2 is 2.00 bits per heavy atom. The van der Waals surface area contributed by atoms with E-state index in [0.717, 1.165) is 6.42 Å². The van der Waals surface area contributed by atoms with E-state index in [1.165, 1.54) is 11.1 Å². The summed E-state index contributed by atoms with van der Waals surface area (Å²) in [4.78, 5) is 16.1. The second kappa shape index (κ2) is 4.78. The number of nitrogens with two attached hydrogens (primary N) is 2. The molecule has 1 amide bonds. The molecule has 4 heteroatoms. The number of amides is 1. The zero-order chi connectivity index (χ0) is 14.3. The molecular weight excluding hydrogens is 250 g/mol. The molecule has 2 aliphatic carbocycles. The average molecular weight is 269 g/mol. The van der Waals surface area contributed by atoms with E-state index in [-0.39, 0.29) is 29.6 Å². The van der Waals surface area contributed by atoms with Gasteiger partial charge in [-0.25, -0.2) is 0 Å². The van der Waals surface area contributed by atoms with Gasteiger partial charge in [-0.2, -0.15) is 4.99 Å². The number of guanidine groups is 1. The average Bonchev–Trinajstić information content (AvgIpc) is 2.97. The topological polar surface area (TPSA) is 81.5 Å². The molecule has 1 aromatic carbocycles. The number of nitrogens with zero attached hydrogens (tertiary/aromatic N) is 1. The molecule has 0 radical (unpaired) electrons. The Labute approximate surface area is 118 Å². The molecule has 2 unspecified atom stereocenters. The Morgan fingerprint density at radius 1 is 1.25 bits per heavy atom. The zero-order valence-corrected chi connectivity index (χ0v) is 11.5. The van der Waals surface area contributed by atoms with Gasteiger partial charge >= 0.3 is 0 Å². The van der Waals surface area contributed by atoms with E-state index in [1.807, 2.05) is 6.07 Å². The van der Waals surface area contributed by atoms with Gasteiger partial charge in [-0.05, 0) is 30.7 Å². The predicted molar refractivity (Wildman–Crippen MR) is 79.0 cm³/mol. The van der Waals surface area contributed by atoms with Crippen LogP contribution in [0, 0.1) is 24.7 Å². The molecule has 2 bridgehead atoms. The van der Waals surface area contributed by atoms with Gasteiger partial charge in [0.1, 0.15) is 0 Å². The summed E-state index contributed by atoms with van der Waals surface area (Å²) < 4.78 is 0. The van der Waals surface area contributed by atoms with Crippen LogP contribution in [0.25, 0.3) is 0 Å². The van der Waals surface area contributed by atoms with E-state index in [9.17, 15) is 4.79 Å². The minimum Gasteiger partial charge on any atom is -0.370 e. The SMILES string of the molecule is Cc1cccc([C@@H]2C3C=CC(C3)[C@H]2C(=O)N=C(N)N)c1. The molecule has 4 N–H and O–H groups in total. The minimum atomic E-state index is -0.187. The smallest absolute Gasteiger partial charge is 0.253 e. The minimum absolute atomic E-state index is 0.131. The molecule has 4 nitrogen and oxygen atoms in total.